The molecule has 11 heteroatoms. The second-order valence-corrected chi connectivity index (χ2v) is 13.0. The Bertz CT molecular complexity index is 1090. The van der Waals surface area contributed by atoms with E-state index in [1.165, 1.54) is 24.3 Å². The van der Waals surface area contributed by atoms with E-state index < -0.39 is 42.3 Å². The largest absolute Gasteiger partial charge is 0.297 e. The fourth-order valence-corrected chi connectivity index (χ4v) is 7.70. The van der Waals surface area contributed by atoms with Crippen molar-refractivity contribution in [3.8, 4) is 0 Å². The zero-order valence-corrected chi connectivity index (χ0v) is 18.9. The molecule has 0 N–H and O–H groups in total. The van der Waals surface area contributed by atoms with Crippen molar-refractivity contribution in [1.29, 1.82) is 0 Å². The second-order valence-electron chi connectivity index (χ2n) is 6.56. The molecule has 0 radical (unpaired) electrons. The van der Waals surface area contributed by atoms with Crippen LogP contribution in [0.3, 0.4) is 0 Å². The Balaban J connectivity index is 1.82. The molecule has 158 valence electrons. The molecule has 0 aliphatic carbocycles. The molecular weight excluding hydrogens is 456 g/mol. The summed E-state index contributed by atoms with van der Waals surface area (Å²) in [5, 5.41) is 0. The maximum atomic E-state index is 12.6. The second kappa shape index (κ2) is 8.86. The van der Waals surface area contributed by atoms with Gasteiger partial charge in [-0.3, -0.25) is 8.37 Å². The lowest BCUT2D eigenvalue weighted by atomic mass is 10.2. The Hall–Kier alpha value is -1.24. The predicted molar refractivity (Wildman–Crippen MR) is 112 cm³/mol. The predicted octanol–water partition coefficient (Wildman–Crippen LogP) is 2.56. The highest BCUT2D eigenvalue weighted by Gasteiger charge is 2.38. The first-order valence-corrected chi connectivity index (χ1v) is 14.2. The summed E-state index contributed by atoms with van der Waals surface area (Å²) >= 11 is 0. The minimum absolute atomic E-state index is 0.0196. The normalized spacial score (nSPS) is 23.0. The smallest absolute Gasteiger partial charge is 0.259 e. The first-order valence-electron chi connectivity index (χ1n) is 8.58. The molecule has 1 aliphatic rings. The lowest BCUT2D eigenvalue weighted by Gasteiger charge is -2.29. The van der Waals surface area contributed by atoms with Crippen LogP contribution in [0.2, 0.25) is 0 Å². The van der Waals surface area contributed by atoms with Crippen LogP contribution in [0, 0.1) is 13.8 Å². The molecule has 0 unspecified atom stereocenters. The van der Waals surface area contributed by atoms with Crippen LogP contribution < -0.4 is 0 Å². The van der Waals surface area contributed by atoms with Gasteiger partial charge in [0.2, 0.25) is 0 Å². The number of benzene rings is 2. The van der Waals surface area contributed by atoms with Gasteiger partial charge in [0.15, 0.2) is 0 Å². The average molecular weight is 477 g/mol. The molecule has 1 fully saturated rings. The summed E-state index contributed by atoms with van der Waals surface area (Å²) in [5.41, 5.74) is 1.77. The van der Waals surface area contributed by atoms with E-state index in [-0.39, 0.29) is 21.3 Å². The molecule has 2 aromatic rings. The lowest BCUT2D eigenvalue weighted by Crippen LogP contribution is -2.43. The third-order valence-electron chi connectivity index (χ3n) is 4.20. The van der Waals surface area contributed by atoms with Crippen LogP contribution in [0.25, 0.3) is 0 Å². The van der Waals surface area contributed by atoms with E-state index in [0.29, 0.717) is 0 Å². The van der Waals surface area contributed by atoms with Gasteiger partial charge >= 0.3 is 0 Å². The van der Waals surface area contributed by atoms with Crippen molar-refractivity contribution < 1.29 is 29.4 Å². The summed E-state index contributed by atoms with van der Waals surface area (Å²) in [6.07, 6.45) is -2.28. The fraction of sp³-hybridized carbons (Fsp3) is 0.333. The summed E-state index contributed by atoms with van der Waals surface area (Å²) in [5.74, 6) is -0.143. The van der Waals surface area contributed by atoms with Crippen molar-refractivity contribution >= 4 is 40.9 Å². The molecule has 1 saturated heterocycles. The molecule has 1 heterocycles. The summed E-state index contributed by atoms with van der Waals surface area (Å²) in [6.45, 7) is 3.64. The van der Waals surface area contributed by atoms with Crippen molar-refractivity contribution in [1.82, 2.24) is 0 Å². The Kier molecular flexibility index (Phi) is 6.86. The minimum Gasteiger partial charge on any atom is -0.259 e. The molecule has 3 rings (SSSR count). The molecule has 1 aliphatic heterocycles. The van der Waals surface area contributed by atoms with Crippen LogP contribution in [0.5, 0.6) is 0 Å². The first kappa shape index (κ1) is 22.4. The van der Waals surface area contributed by atoms with Crippen molar-refractivity contribution in [2.24, 2.45) is 0 Å². The summed E-state index contributed by atoms with van der Waals surface area (Å²) in [6, 6.07) is 12.2. The highest BCUT2D eigenvalue weighted by atomic mass is 33.1. The molecule has 0 bridgehead atoms. The fourth-order valence-electron chi connectivity index (χ4n) is 2.57. The van der Waals surface area contributed by atoms with Gasteiger partial charge in [0.25, 0.3) is 20.2 Å². The molecule has 0 amide bonds. The van der Waals surface area contributed by atoms with Crippen LogP contribution in [-0.2, 0) is 38.4 Å². The van der Waals surface area contributed by atoms with Crippen molar-refractivity contribution in [2.45, 2.75) is 35.8 Å². The third kappa shape index (κ3) is 5.68. The molecule has 0 saturated carbocycles. The van der Waals surface area contributed by atoms with E-state index in [1.54, 1.807) is 24.3 Å². The monoisotopic (exact) mass is 476 g/mol. The van der Waals surface area contributed by atoms with E-state index >= 15 is 0 Å². The molecule has 0 aromatic heterocycles. The van der Waals surface area contributed by atoms with Gasteiger partial charge in [0, 0.05) is 5.75 Å². The van der Waals surface area contributed by atoms with Gasteiger partial charge in [-0.25, -0.2) is 4.21 Å². The number of hydrogen-bond donors (Lipinski definition) is 0. The van der Waals surface area contributed by atoms with Crippen LogP contribution in [0.15, 0.2) is 58.3 Å². The minimum atomic E-state index is -4.18. The number of rotatable bonds is 6. The maximum absolute atomic E-state index is 12.6. The molecular formula is C18H20O7S4. The van der Waals surface area contributed by atoms with Gasteiger partial charge in [0.1, 0.15) is 12.2 Å². The summed E-state index contributed by atoms with van der Waals surface area (Å²) in [4.78, 5) is -0.104. The van der Waals surface area contributed by atoms with Crippen molar-refractivity contribution in [3.05, 3.63) is 59.7 Å². The van der Waals surface area contributed by atoms with Crippen molar-refractivity contribution in [3.63, 3.8) is 0 Å². The highest BCUT2D eigenvalue weighted by Crippen LogP contribution is 2.29. The Labute approximate surface area is 176 Å². The zero-order valence-electron chi connectivity index (χ0n) is 15.7. The van der Waals surface area contributed by atoms with E-state index in [1.807, 2.05) is 13.8 Å². The van der Waals surface area contributed by atoms with Crippen LogP contribution in [0.4, 0.5) is 0 Å². The SMILES string of the molecule is Cc1ccc(S(=O)(=O)O[C@H]2CS[S@@](=O)C[C@@H]2OS(=O)(=O)c2ccc(C)cc2)cc1. The van der Waals surface area contributed by atoms with E-state index in [4.69, 9.17) is 8.37 Å². The van der Waals surface area contributed by atoms with Gasteiger partial charge in [-0.05, 0) is 38.1 Å². The lowest BCUT2D eigenvalue weighted by molar-refractivity contribution is 0.0919. The average Bonchev–Trinajstić information content (AvgIpc) is 2.64. The van der Waals surface area contributed by atoms with Gasteiger partial charge in [-0.2, -0.15) is 16.8 Å². The number of hydrogen-bond acceptors (Lipinski definition) is 8. The van der Waals surface area contributed by atoms with Crippen LogP contribution in [-0.4, -0.2) is 44.8 Å². The van der Waals surface area contributed by atoms with Gasteiger partial charge in [-0.15, -0.1) is 0 Å². The van der Waals surface area contributed by atoms with Crippen LogP contribution in [0.1, 0.15) is 11.1 Å². The molecule has 7 nitrogen and oxygen atoms in total. The molecule has 0 spiro atoms. The summed E-state index contributed by atoms with van der Waals surface area (Å²) in [7, 11) is -8.73. The van der Waals surface area contributed by atoms with Crippen molar-refractivity contribution in [2.75, 3.05) is 11.5 Å². The third-order valence-corrected chi connectivity index (χ3v) is 9.83. The Morgan fingerprint density at radius 2 is 1.21 bits per heavy atom. The molecule has 29 heavy (non-hydrogen) atoms. The van der Waals surface area contributed by atoms with Gasteiger partial charge < -0.3 is 0 Å². The quantitative estimate of drug-likeness (QED) is 0.463. The van der Waals surface area contributed by atoms with E-state index in [2.05, 4.69) is 0 Å². The van der Waals surface area contributed by atoms with E-state index in [0.717, 1.165) is 21.9 Å². The van der Waals surface area contributed by atoms with Gasteiger partial charge in [-0.1, -0.05) is 46.2 Å². The number of aryl methyl sites for hydroxylation is 2. The highest BCUT2D eigenvalue weighted by molar-refractivity contribution is 8.69. The zero-order chi connectivity index (χ0) is 21.2. The maximum Gasteiger partial charge on any atom is 0.297 e. The van der Waals surface area contributed by atoms with Gasteiger partial charge in [0.05, 0.1) is 25.4 Å². The Morgan fingerprint density at radius 1 is 0.793 bits per heavy atom. The first-order chi connectivity index (χ1) is 13.6. The van der Waals surface area contributed by atoms with Crippen LogP contribution >= 0.6 is 10.8 Å². The standard InChI is InChI=1S/C18H20O7S4/c1-13-3-7-15(8-4-13)28(20,21)24-17-11-26-27(19)12-18(17)25-29(22,23)16-9-5-14(2)6-10-16/h3-10,17-18H,11-12H2,1-2H3/t17-,18-,27+/m0/s1. The molecule has 2 aromatic carbocycles. The Morgan fingerprint density at radius 3 is 1.66 bits per heavy atom. The molecule has 3 atom stereocenters. The summed E-state index contributed by atoms with van der Waals surface area (Å²) < 4.78 is 72.9. The topological polar surface area (TPSA) is 104 Å². The van der Waals surface area contributed by atoms with E-state index in [9.17, 15) is 21.0 Å².